The summed E-state index contributed by atoms with van der Waals surface area (Å²) in [5, 5.41) is 0. The van der Waals surface area contributed by atoms with E-state index in [1.807, 2.05) is 6.20 Å². The van der Waals surface area contributed by atoms with Crippen molar-refractivity contribution in [2.75, 3.05) is 0 Å². The predicted molar refractivity (Wildman–Crippen MR) is 281 cm³/mol. The molecule has 0 N–H and O–H groups in total. The van der Waals surface area contributed by atoms with Crippen molar-refractivity contribution in [3.63, 3.8) is 0 Å². The molecule has 343 valence electrons. The van der Waals surface area contributed by atoms with E-state index in [4.69, 9.17) is 19.9 Å². The normalized spacial score (nSPS) is 14.3. The van der Waals surface area contributed by atoms with Gasteiger partial charge in [-0.15, -0.1) is 23.8 Å². The van der Waals surface area contributed by atoms with Gasteiger partial charge in [0.1, 0.15) is 11.6 Å². The Morgan fingerprint density at radius 3 is 1.42 bits per heavy atom. The van der Waals surface area contributed by atoms with Crippen LogP contribution in [0.3, 0.4) is 0 Å². The van der Waals surface area contributed by atoms with Crippen LogP contribution < -0.4 is 0 Å². The fourth-order valence-electron chi connectivity index (χ4n) is 10.7. The molecule has 0 amide bonds. The first-order valence-corrected chi connectivity index (χ1v) is 24.8. The van der Waals surface area contributed by atoms with E-state index in [2.05, 4.69) is 190 Å². The van der Waals surface area contributed by atoms with Crippen LogP contribution in [0.4, 0.5) is 0 Å². The maximum Gasteiger partial charge on any atom is 0.164 e. The van der Waals surface area contributed by atoms with E-state index in [1.54, 1.807) is 0 Å². The molecule has 2 aliphatic rings. The minimum Gasteiger partial charge on any atom is -0.304 e. The zero-order valence-electron chi connectivity index (χ0n) is 39.6. The monoisotopic (exact) mass is 1070 g/mol. The molecule has 9 aromatic rings. The molecule has 2 fully saturated rings. The average Bonchev–Trinajstić information content (AvgIpc) is 3.41. The van der Waals surface area contributed by atoms with Gasteiger partial charge in [-0.1, -0.05) is 206 Å². The van der Waals surface area contributed by atoms with Crippen LogP contribution >= 0.6 is 0 Å². The molecule has 7 aromatic carbocycles. The van der Waals surface area contributed by atoms with Gasteiger partial charge in [0.05, 0.1) is 0 Å². The van der Waals surface area contributed by atoms with Crippen LogP contribution in [-0.4, -0.2) is 19.9 Å². The maximum atomic E-state index is 5.18. The van der Waals surface area contributed by atoms with E-state index in [0.29, 0.717) is 11.8 Å². The average molecular weight is 1070 g/mol. The topological polar surface area (TPSA) is 51.6 Å². The molecule has 0 aliphatic heterocycles. The van der Waals surface area contributed by atoms with Gasteiger partial charge in [-0.3, -0.25) is 0 Å². The first-order valence-electron chi connectivity index (χ1n) is 24.8. The molecule has 11 rings (SSSR count). The molecular weight excluding hydrogens is 1020 g/mol. The smallest absolute Gasteiger partial charge is 0.164 e. The zero-order chi connectivity index (χ0) is 45.8. The van der Waals surface area contributed by atoms with Gasteiger partial charge in [-0.2, -0.15) is 0 Å². The van der Waals surface area contributed by atoms with E-state index in [9.17, 15) is 0 Å². The van der Waals surface area contributed by atoms with Gasteiger partial charge in [-0.25, -0.2) is 15.0 Å². The van der Waals surface area contributed by atoms with Gasteiger partial charge in [0.2, 0.25) is 0 Å². The minimum atomic E-state index is 0. The van der Waals surface area contributed by atoms with Crippen molar-refractivity contribution in [1.82, 2.24) is 19.9 Å². The number of aromatic nitrogens is 4. The van der Waals surface area contributed by atoms with Crippen molar-refractivity contribution in [1.29, 1.82) is 0 Å². The third-order valence-corrected chi connectivity index (χ3v) is 14.3. The molecule has 69 heavy (non-hydrogen) atoms. The summed E-state index contributed by atoms with van der Waals surface area (Å²) < 4.78 is 0. The fraction of sp³-hybridized carbons (Fsp3) is 0.219. The quantitative estimate of drug-likeness (QED) is 0.128. The van der Waals surface area contributed by atoms with E-state index in [-0.39, 0.29) is 20.1 Å². The van der Waals surface area contributed by atoms with Crippen LogP contribution in [0.5, 0.6) is 0 Å². The molecule has 0 spiro atoms. The summed E-state index contributed by atoms with van der Waals surface area (Å²) in [5.41, 5.74) is 19.3. The van der Waals surface area contributed by atoms with Crippen LogP contribution in [0.1, 0.15) is 98.8 Å². The van der Waals surface area contributed by atoms with Crippen LogP contribution in [-0.2, 0) is 20.1 Å². The van der Waals surface area contributed by atoms with Crippen molar-refractivity contribution in [2.24, 2.45) is 0 Å². The van der Waals surface area contributed by atoms with E-state index >= 15 is 0 Å². The molecule has 0 unspecified atom stereocenters. The number of pyridine rings is 1. The molecular formula is C64H57IrN4-. The Morgan fingerprint density at radius 2 is 0.884 bits per heavy atom. The molecule has 0 bridgehead atoms. The molecule has 2 heterocycles. The minimum absolute atomic E-state index is 0. The Balaban J connectivity index is 0.00000553. The summed E-state index contributed by atoms with van der Waals surface area (Å²) in [5.74, 6) is 3.55. The van der Waals surface area contributed by atoms with Crippen molar-refractivity contribution < 1.29 is 20.1 Å². The third-order valence-electron chi connectivity index (χ3n) is 14.3. The summed E-state index contributed by atoms with van der Waals surface area (Å²) in [6.45, 7) is 4.36. The van der Waals surface area contributed by atoms with Crippen molar-refractivity contribution >= 4 is 0 Å². The van der Waals surface area contributed by atoms with Gasteiger partial charge < -0.3 is 4.98 Å². The number of nitrogens with zero attached hydrogens (tertiary/aromatic N) is 4. The van der Waals surface area contributed by atoms with Gasteiger partial charge in [0, 0.05) is 43.7 Å². The summed E-state index contributed by atoms with van der Waals surface area (Å²) in [7, 11) is 0. The Bertz CT molecular complexity index is 3070. The fourth-order valence-corrected chi connectivity index (χ4v) is 10.7. The Kier molecular flexibility index (Phi) is 14.0. The largest absolute Gasteiger partial charge is 0.304 e. The second-order valence-corrected chi connectivity index (χ2v) is 19.2. The van der Waals surface area contributed by atoms with E-state index in [1.165, 1.54) is 94.2 Å². The first-order chi connectivity index (χ1) is 33.5. The van der Waals surface area contributed by atoms with Gasteiger partial charge in [0.25, 0.3) is 0 Å². The van der Waals surface area contributed by atoms with Crippen molar-refractivity contribution in [3.05, 3.63) is 205 Å². The van der Waals surface area contributed by atoms with Crippen LogP contribution in [0.25, 0.3) is 89.4 Å². The zero-order valence-corrected chi connectivity index (χ0v) is 42.0. The number of aryl methyl sites for hydroxylation is 2. The maximum absolute atomic E-state index is 5.18. The summed E-state index contributed by atoms with van der Waals surface area (Å²) in [4.78, 5) is 20.6. The third kappa shape index (κ3) is 10.2. The molecule has 2 saturated carbocycles. The number of hydrogen-bond donors (Lipinski definition) is 0. The number of rotatable bonds is 10. The molecule has 0 atom stereocenters. The molecule has 0 saturated heterocycles. The van der Waals surface area contributed by atoms with E-state index in [0.717, 1.165) is 82.2 Å². The van der Waals surface area contributed by atoms with E-state index < -0.39 is 0 Å². The van der Waals surface area contributed by atoms with Crippen molar-refractivity contribution in [3.8, 4) is 89.4 Å². The van der Waals surface area contributed by atoms with Crippen LogP contribution in [0.15, 0.2) is 176 Å². The van der Waals surface area contributed by atoms with Gasteiger partial charge in [-0.05, 0) is 113 Å². The van der Waals surface area contributed by atoms with Crippen LogP contribution in [0.2, 0.25) is 0 Å². The summed E-state index contributed by atoms with van der Waals surface area (Å²) >= 11 is 0. The SMILES string of the molecule is Cc1cc(C)cc(-c2ccccc2-c2c[c-]c(-c3ccc(-c4nc(C5CCCCC5)nc(C5CCCCC5)n4)cn3)cc2-c2ccc(-c3cc(-c4ccccc4)cc(-c4ccccc4)c3)cc2)c1.[Ir]. The summed E-state index contributed by atoms with van der Waals surface area (Å²) in [6.07, 6.45) is 14.2. The first kappa shape index (κ1) is 46.1. The molecule has 1 radical (unpaired) electrons. The molecule has 2 aliphatic carbocycles. The number of benzene rings is 7. The summed E-state index contributed by atoms with van der Waals surface area (Å²) in [6, 6.07) is 65.4. The predicted octanol–water partition coefficient (Wildman–Crippen LogP) is 17.1. The Morgan fingerprint density at radius 1 is 0.391 bits per heavy atom. The molecule has 2 aromatic heterocycles. The Hall–Kier alpha value is -6.65. The standard InChI is InChI=1S/C64H57N4.Ir/c1-43-35-44(2)37-56(36-43)57-25-15-16-26-58(57)59-33-31-51(61-34-32-52(42-65-61)64-67-62(49-21-11-5-12-22-49)66-63(68-64)50-23-13-6-14-24-50)41-60(59)48-29-27-47(28-30-48)55-39-53(45-17-7-3-8-18-45)38-54(40-55)46-19-9-4-10-20-46;/h3-4,7-10,15-20,25-30,32-42,49-50H,5-6,11-14,21-24H2,1-2H3;/q-1;. The van der Waals surface area contributed by atoms with Gasteiger partial charge in [0.15, 0.2) is 5.82 Å². The molecule has 5 heteroatoms. The second kappa shape index (κ2) is 20.9. The number of hydrogen-bond acceptors (Lipinski definition) is 4. The van der Waals surface area contributed by atoms with Crippen molar-refractivity contribution in [2.45, 2.75) is 89.9 Å². The Labute approximate surface area is 421 Å². The molecule has 4 nitrogen and oxygen atoms in total. The van der Waals surface area contributed by atoms with Gasteiger partial charge >= 0.3 is 0 Å². The van der Waals surface area contributed by atoms with Crippen LogP contribution in [0, 0.1) is 19.9 Å². The second-order valence-electron chi connectivity index (χ2n) is 19.2.